The summed E-state index contributed by atoms with van der Waals surface area (Å²) in [5, 5.41) is 33.3. The lowest BCUT2D eigenvalue weighted by Crippen LogP contribution is -2.46. The van der Waals surface area contributed by atoms with E-state index in [9.17, 15) is 13.5 Å². The van der Waals surface area contributed by atoms with Gasteiger partial charge in [-0.25, -0.2) is 18.5 Å². The molecule has 1 unspecified atom stereocenters. The molecule has 1 atom stereocenters. The Kier molecular flexibility index (Phi) is 6.01. The van der Waals surface area contributed by atoms with E-state index in [4.69, 9.17) is 10.9 Å². The minimum atomic E-state index is -4.24. The van der Waals surface area contributed by atoms with E-state index < -0.39 is 15.6 Å². The minimum absolute atomic E-state index is 0.0704. The molecule has 34 heavy (non-hydrogen) atoms. The van der Waals surface area contributed by atoms with E-state index in [0.29, 0.717) is 39.6 Å². The molecule has 3 heterocycles. The molecular formula is C19H21N9O3S3. The smallest absolute Gasteiger partial charge is 0.239 e. The Morgan fingerprint density at radius 2 is 2.12 bits per heavy atom. The summed E-state index contributed by atoms with van der Waals surface area (Å²) >= 11 is 2.42. The first-order chi connectivity index (χ1) is 16.3. The van der Waals surface area contributed by atoms with Gasteiger partial charge in [0, 0.05) is 17.0 Å². The molecule has 178 valence electrons. The third kappa shape index (κ3) is 4.15. The van der Waals surface area contributed by atoms with Gasteiger partial charge in [-0.05, 0) is 47.8 Å². The maximum absolute atomic E-state index is 12.9. The predicted molar refractivity (Wildman–Crippen MR) is 130 cm³/mol. The van der Waals surface area contributed by atoms with Gasteiger partial charge < -0.3 is 16.2 Å². The first-order valence-corrected chi connectivity index (χ1v) is 13.3. The first kappa shape index (κ1) is 23.1. The van der Waals surface area contributed by atoms with Crippen LogP contribution in [0.5, 0.6) is 0 Å². The van der Waals surface area contributed by atoms with Gasteiger partial charge in [0.15, 0.2) is 5.13 Å². The van der Waals surface area contributed by atoms with Crippen molar-refractivity contribution in [2.75, 3.05) is 25.4 Å². The Morgan fingerprint density at radius 1 is 1.26 bits per heavy atom. The zero-order chi connectivity index (χ0) is 23.9. The summed E-state index contributed by atoms with van der Waals surface area (Å²) in [7, 11) is -4.24. The van der Waals surface area contributed by atoms with Crippen LogP contribution in [0.15, 0.2) is 40.1 Å². The highest BCUT2D eigenvalue weighted by Crippen LogP contribution is 2.43. The molecule has 0 aliphatic carbocycles. The molecule has 5 rings (SSSR count). The Balaban J connectivity index is 1.72. The molecule has 12 nitrogen and oxygen atoms in total. The highest BCUT2D eigenvalue weighted by atomic mass is 32.2. The molecule has 1 aliphatic heterocycles. The van der Waals surface area contributed by atoms with Crippen LogP contribution >= 0.6 is 23.3 Å². The van der Waals surface area contributed by atoms with Crippen LogP contribution in [0.4, 0.5) is 5.13 Å². The van der Waals surface area contributed by atoms with Crippen LogP contribution in [0, 0.1) is 0 Å². The van der Waals surface area contributed by atoms with Gasteiger partial charge in [0.25, 0.3) is 0 Å². The van der Waals surface area contributed by atoms with Crippen molar-refractivity contribution in [3.05, 3.63) is 30.3 Å². The van der Waals surface area contributed by atoms with Crippen molar-refractivity contribution in [3.8, 4) is 22.5 Å². The van der Waals surface area contributed by atoms with Gasteiger partial charge >= 0.3 is 0 Å². The fraction of sp³-hybridized carbons (Fsp3) is 0.263. The summed E-state index contributed by atoms with van der Waals surface area (Å²) in [5.74, 6) is 0.0704. The maximum Gasteiger partial charge on any atom is 0.239 e. The van der Waals surface area contributed by atoms with E-state index in [2.05, 4.69) is 35.6 Å². The lowest BCUT2D eigenvalue weighted by molar-refractivity contribution is 0.198. The number of nitrogens with zero attached hydrogens (tertiary/aromatic N) is 4. The molecular weight excluding hydrogens is 498 g/mol. The summed E-state index contributed by atoms with van der Waals surface area (Å²) < 4.78 is 29.9. The van der Waals surface area contributed by atoms with Crippen LogP contribution in [0.1, 0.15) is 6.42 Å². The standard InChI is InChI=1S/C19H21N9O3S3/c20-18-23-15-11(2-1-3-12(15)32-18)10-4-5-13(33-26-19(9-29)6-7-22-8-19)16(34(21,30)31)14(10)17-24-27-28-25-17/h1-5,22,26,29H,6-9H2,(H2,20,23)(H2,21,30,31)(H,24,25,27,28). The number of sulfonamides is 1. The van der Waals surface area contributed by atoms with Crippen molar-refractivity contribution >= 4 is 48.7 Å². The van der Waals surface area contributed by atoms with Crippen LogP contribution in [-0.4, -0.2) is 64.4 Å². The van der Waals surface area contributed by atoms with E-state index in [0.717, 1.165) is 23.2 Å². The normalized spacial score (nSPS) is 18.6. The molecule has 0 spiro atoms. The van der Waals surface area contributed by atoms with E-state index in [1.54, 1.807) is 12.1 Å². The van der Waals surface area contributed by atoms with E-state index in [1.807, 2.05) is 18.2 Å². The van der Waals surface area contributed by atoms with Crippen LogP contribution in [0.25, 0.3) is 32.7 Å². The number of aromatic nitrogens is 5. The molecule has 1 saturated heterocycles. The zero-order valence-corrected chi connectivity index (χ0v) is 20.1. The number of anilines is 1. The van der Waals surface area contributed by atoms with E-state index >= 15 is 0 Å². The monoisotopic (exact) mass is 519 g/mol. The van der Waals surface area contributed by atoms with Gasteiger partial charge in [0.2, 0.25) is 15.8 Å². The number of nitrogens with two attached hydrogens (primary N) is 2. The number of tetrazole rings is 1. The Morgan fingerprint density at radius 3 is 2.79 bits per heavy atom. The molecule has 0 amide bonds. The summed E-state index contributed by atoms with van der Waals surface area (Å²) in [6.07, 6.45) is 0.685. The highest BCUT2D eigenvalue weighted by Gasteiger charge is 2.34. The summed E-state index contributed by atoms with van der Waals surface area (Å²) in [6, 6.07) is 8.99. The number of aliphatic hydroxyl groups excluding tert-OH is 1. The number of benzene rings is 2. The Hall–Kier alpha value is -2.66. The number of rotatable bonds is 7. The van der Waals surface area contributed by atoms with Crippen molar-refractivity contribution < 1.29 is 13.5 Å². The van der Waals surface area contributed by atoms with Crippen molar-refractivity contribution in [2.24, 2.45) is 5.14 Å². The third-order valence-corrected chi connectivity index (χ3v) is 8.69. The van der Waals surface area contributed by atoms with Gasteiger partial charge in [-0.15, -0.1) is 10.2 Å². The second-order valence-electron chi connectivity index (χ2n) is 7.87. The van der Waals surface area contributed by atoms with Crippen LogP contribution in [0.2, 0.25) is 0 Å². The van der Waals surface area contributed by atoms with Gasteiger partial charge in [-0.2, -0.15) is 5.21 Å². The third-order valence-electron chi connectivity index (χ3n) is 5.62. The second-order valence-corrected chi connectivity index (χ2v) is 11.3. The average molecular weight is 520 g/mol. The predicted octanol–water partition coefficient (Wildman–Crippen LogP) is 0.694. The number of nitrogens with one attached hydrogen (secondary N) is 3. The minimum Gasteiger partial charge on any atom is -0.394 e. The van der Waals surface area contributed by atoms with E-state index in [-0.39, 0.29) is 22.9 Å². The number of aliphatic hydroxyl groups is 1. The number of fused-ring (bicyclic) bond motifs is 1. The molecule has 15 heteroatoms. The zero-order valence-electron chi connectivity index (χ0n) is 17.6. The number of H-pyrrole nitrogens is 1. The fourth-order valence-corrected chi connectivity index (χ4v) is 6.95. The highest BCUT2D eigenvalue weighted by molar-refractivity contribution is 7.98. The number of para-hydroxylation sites is 1. The van der Waals surface area contributed by atoms with Crippen LogP contribution < -0.4 is 20.9 Å². The topological polar surface area (TPSA) is 198 Å². The van der Waals surface area contributed by atoms with Crippen LogP contribution in [-0.2, 0) is 10.0 Å². The molecule has 8 N–H and O–H groups in total. The molecule has 1 fully saturated rings. The number of hydrogen-bond acceptors (Lipinski definition) is 12. The number of nitrogen functional groups attached to an aromatic ring is 1. The Bertz CT molecular complexity index is 1450. The molecule has 0 bridgehead atoms. The quantitative estimate of drug-likeness (QED) is 0.188. The summed E-state index contributed by atoms with van der Waals surface area (Å²) in [6.45, 7) is 1.18. The maximum atomic E-state index is 12.9. The molecule has 4 aromatic rings. The summed E-state index contributed by atoms with van der Waals surface area (Å²) in [5.41, 5.74) is 7.35. The molecule has 0 radical (unpaired) electrons. The lowest BCUT2D eigenvalue weighted by Gasteiger charge is -2.27. The van der Waals surface area contributed by atoms with Gasteiger partial charge in [-0.3, -0.25) is 4.72 Å². The van der Waals surface area contributed by atoms with Crippen molar-refractivity contribution in [1.29, 1.82) is 0 Å². The molecule has 2 aromatic heterocycles. The van der Waals surface area contributed by atoms with Crippen molar-refractivity contribution in [3.63, 3.8) is 0 Å². The largest absolute Gasteiger partial charge is 0.394 e. The molecule has 2 aromatic carbocycles. The van der Waals surface area contributed by atoms with Crippen molar-refractivity contribution in [1.82, 2.24) is 35.6 Å². The van der Waals surface area contributed by atoms with Crippen molar-refractivity contribution in [2.45, 2.75) is 21.8 Å². The molecule has 1 aliphatic rings. The van der Waals surface area contributed by atoms with Gasteiger partial charge in [0.1, 0.15) is 4.90 Å². The molecule has 0 saturated carbocycles. The fourth-order valence-electron chi connectivity index (χ4n) is 3.98. The number of hydrogen-bond donors (Lipinski definition) is 6. The van der Waals surface area contributed by atoms with Gasteiger partial charge in [-0.1, -0.05) is 29.5 Å². The first-order valence-electron chi connectivity index (χ1n) is 10.2. The summed E-state index contributed by atoms with van der Waals surface area (Å²) in [4.78, 5) is 4.63. The van der Waals surface area contributed by atoms with Gasteiger partial charge in [0.05, 0.1) is 27.9 Å². The number of primary sulfonamides is 1. The lowest BCUT2D eigenvalue weighted by atomic mass is 9.98. The Labute approximate surface area is 202 Å². The van der Waals surface area contributed by atoms with Crippen LogP contribution in [0.3, 0.4) is 0 Å². The number of aromatic amines is 1. The second kappa shape index (κ2) is 8.84. The SMILES string of the molecule is Nc1nc2c(-c3ccc(SNC4(CO)CCNC4)c(S(N)(=O)=O)c3-c3nn[nH]n3)cccc2s1. The number of thiazole rings is 1. The van der Waals surface area contributed by atoms with E-state index in [1.165, 1.54) is 11.3 Å². The average Bonchev–Trinajstić information content (AvgIpc) is 3.56.